The molecule has 2 atom stereocenters. The Balaban J connectivity index is 1.91. The Morgan fingerprint density at radius 3 is 2.60 bits per heavy atom. The molecule has 1 aliphatic carbocycles. The van der Waals surface area contributed by atoms with Gasteiger partial charge in [-0.3, -0.25) is 0 Å². The minimum atomic E-state index is -0.642. The molecule has 2 aliphatic rings. The zero-order valence-corrected chi connectivity index (χ0v) is 12.9. The van der Waals surface area contributed by atoms with Crippen molar-refractivity contribution in [1.82, 2.24) is 4.90 Å². The summed E-state index contributed by atoms with van der Waals surface area (Å²) in [5.41, 5.74) is -0.842. The Kier molecular flexibility index (Phi) is 5.21. The van der Waals surface area contributed by atoms with Gasteiger partial charge >= 0.3 is 0 Å². The lowest BCUT2D eigenvalue weighted by atomic mass is 9.70. The van der Waals surface area contributed by atoms with E-state index >= 15 is 0 Å². The SMILES string of the molecule is CC1CCCC(C=O)(CN(C)CC2(O)CCOCC2)C1. The third-order valence-electron chi connectivity index (χ3n) is 4.95. The number of likely N-dealkylation sites (N-methyl/N-ethyl adjacent to an activating group) is 1. The van der Waals surface area contributed by atoms with Crippen LogP contribution in [0.1, 0.15) is 45.4 Å². The number of aliphatic hydroxyl groups is 1. The number of hydrogen-bond donors (Lipinski definition) is 1. The monoisotopic (exact) mass is 283 g/mol. The molecule has 4 heteroatoms. The van der Waals surface area contributed by atoms with Crippen LogP contribution in [0.2, 0.25) is 0 Å². The van der Waals surface area contributed by atoms with Gasteiger partial charge in [0.2, 0.25) is 0 Å². The van der Waals surface area contributed by atoms with Gasteiger partial charge in [0.1, 0.15) is 6.29 Å². The highest BCUT2D eigenvalue weighted by atomic mass is 16.5. The normalized spacial score (nSPS) is 34.1. The van der Waals surface area contributed by atoms with Crippen LogP contribution in [0.25, 0.3) is 0 Å². The van der Waals surface area contributed by atoms with Crippen LogP contribution in [0.3, 0.4) is 0 Å². The maximum absolute atomic E-state index is 11.6. The molecule has 0 aromatic rings. The highest BCUT2D eigenvalue weighted by Gasteiger charge is 2.38. The van der Waals surface area contributed by atoms with Crippen molar-refractivity contribution in [2.75, 3.05) is 33.4 Å². The van der Waals surface area contributed by atoms with Crippen LogP contribution in [-0.2, 0) is 9.53 Å². The van der Waals surface area contributed by atoms with E-state index in [0.717, 1.165) is 25.8 Å². The van der Waals surface area contributed by atoms with Crippen molar-refractivity contribution in [3.8, 4) is 0 Å². The van der Waals surface area contributed by atoms with Crippen LogP contribution in [0.5, 0.6) is 0 Å². The summed E-state index contributed by atoms with van der Waals surface area (Å²) in [5.74, 6) is 0.633. The number of carbonyl (C=O) groups excluding carboxylic acids is 1. The summed E-state index contributed by atoms with van der Waals surface area (Å²) in [7, 11) is 2.03. The Morgan fingerprint density at radius 1 is 1.30 bits per heavy atom. The second kappa shape index (κ2) is 6.54. The molecule has 0 aromatic heterocycles. The fraction of sp³-hybridized carbons (Fsp3) is 0.938. The molecule has 0 bridgehead atoms. The molecule has 4 nitrogen and oxygen atoms in total. The summed E-state index contributed by atoms with van der Waals surface area (Å²) in [6.07, 6.45) is 6.93. The first-order valence-electron chi connectivity index (χ1n) is 7.92. The summed E-state index contributed by atoms with van der Waals surface area (Å²) < 4.78 is 5.32. The molecule has 116 valence electrons. The second-order valence-electron chi connectivity index (χ2n) is 7.19. The first-order chi connectivity index (χ1) is 9.47. The fourth-order valence-electron chi connectivity index (χ4n) is 3.99. The first-order valence-corrected chi connectivity index (χ1v) is 7.92. The van der Waals surface area contributed by atoms with Crippen molar-refractivity contribution in [2.45, 2.75) is 51.0 Å². The summed E-state index contributed by atoms with van der Waals surface area (Å²) in [5, 5.41) is 10.6. The average molecular weight is 283 g/mol. The van der Waals surface area contributed by atoms with Gasteiger partial charge in [-0.1, -0.05) is 19.8 Å². The lowest BCUT2D eigenvalue weighted by molar-refractivity contribution is -0.121. The Labute approximate surface area is 122 Å². The Morgan fingerprint density at radius 2 is 2.00 bits per heavy atom. The zero-order valence-electron chi connectivity index (χ0n) is 12.9. The lowest BCUT2D eigenvalue weighted by Gasteiger charge is -2.41. The van der Waals surface area contributed by atoms with Crippen molar-refractivity contribution < 1.29 is 14.6 Å². The highest BCUT2D eigenvalue weighted by Crippen LogP contribution is 2.38. The fourth-order valence-corrected chi connectivity index (χ4v) is 3.99. The standard InChI is InChI=1S/C16H29NO3/c1-14-4-3-5-15(10-14,13-18)11-17(2)12-16(19)6-8-20-9-7-16/h13-14,19H,3-12H2,1-2H3. The molecule has 1 saturated heterocycles. The van der Waals surface area contributed by atoms with E-state index in [2.05, 4.69) is 11.8 Å². The van der Waals surface area contributed by atoms with E-state index in [1.54, 1.807) is 0 Å². The molecule has 0 radical (unpaired) electrons. The second-order valence-corrected chi connectivity index (χ2v) is 7.19. The predicted octanol–water partition coefficient (Wildman–Crippen LogP) is 1.86. The van der Waals surface area contributed by atoms with Gasteiger partial charge in [0, 0.05) is 44.6 Å². The minimum Gasteiger partial charge on any atom is -0.388 e. The Hall–Kier alpha value is -0.450. The van der Waals surface area contributed by atoms with Gasteiger partial charge in [0.05, 0.1) is 5.60 Å². The number of carbonyl (C=O) groups is 1. The number of nitrogens with zero attached hydrogens (tertiary/aromatic N) is 1. The molecule has 0 amide bonds. The predicted molar refractivity (Wildman–Crippen MR) is 78.6 cm³/mol. The summed E-state index contributed by atoms with van der Waals surface area (Å²) in [6, 6.07) is 0. The van der Waals surface area contributed by atoms with Gasteiger partial charge < -0.3 is 19.5 Å². The van der Waals surface area contributed by atoms with Crippen LogP contribution in [0.4, 0.5) is 0 Å². The lowest BCUT2D eigenvalue weighted by Crippen LogP contribution is -2.49. The third kappa shape index (κ3) is 4.03. The molecule has 1 aliphatic heterocycles. The van der Waals surface area contributed by atoms with E-state index in [1.807, 2.05) is 7.05 Å². The van der Waals surface area contributed by atoms with Gasteiger partial charge in [-0.2, -0.15) is 0 Å². The van der Waals surface area contributed by atoms with Gasteiger partial charge in [-0.25, -0.2) is 0 Å². The van der Waals surface area contributed by atoms with E-state index in [0.29, 0.717) is 38.5 Å². The van der Waals surface area contributed by atoms with E-state index in [9.17, 15) is 9.90 Å². The summed E-state index contributed by atoms with van der Waals surface area (Å²) in [4.78, 5) is 13.8. The molecule has 1 saturated carbocycles. The van der Waals surface area contributed by atoms with Gasteiger partial charge in [-0.05, 0) is 25.8 Å². The molecule has 2 fully saturated rings. The zero-order chi connectivity index (χ0) is 14.6. The van der Waals surface area contributed by atoms with Crippen LogP contribution in [0.15, 0.2) is 0 Å². The number of hydrogen-bond acceptors (Lipinski definition) is 4. The van der Waals surface area contributed by atoms with Gasteiger partial charge in [-0.15, -0.1) is 0 Å². The van der Waals surface area contributed by atoms with Crippen molar-refractivity contribution in [3.63, 3.8) is 0 Å². The van der Waals surface area contributed by atoms with Crippen molar-refractivity contribution in [3.05, 3.63) is 0 Å². The van der Waals surface area contributed by atoms with Crippen molar-refractivity contribution in [2.24, 2.45) is 11.3 Å². The molecule has 2 rings (SSSR count). The van der Waals surface area contributed by atoms with Crippen LogP contribution in [0, 0.1) is 11.3 Å². The van der Waals surface area contributed by atoms with Crippen LogP contribution >= 0.6 is 0 Å². The summed E-state index contributed by atoms with van der Waals surface area (Å²) >= 11 is 0. The Bertz CT molecular complexity index is 328. The molecule has 1 heterocycles. The molecule has 2 unspecified atom stereocenters. The smallest absolute Gasteiger partial charge is 0.127 e. The first kappa shape index (κ1) is 15.9. The van der Waals surface area contributed by atoms with E-state index in [1.165, 1.54) is 12.7 Å². The number of rotatable bonds is 5. The van der Waals surface area contributed by atoms with E-state index < -0.39 is 5.60 Å². The molecular weight excluding hydrogens is 254 g/mol. The molecule has 0 spiro atoms. The quantitative estimate of drug-likeness (QED) is 0.782. The third-order valence-corrected chi connectivity index (χ3v) is 4.95. The molecule has 20 heavy (non-hydrogen) atoms. The van der Waals surface area contributed by atoms with Crippen molar-refractivity contribution in [1.29, 1.82) is 0 Å². The van der Waals surface area contributed by atoms with E-state index in [4.69, 9.17) is 4.74 Å². The molecule has 0 aromatic carbocycles. The number of aldehydes is 1. The van der Waals surface area contributed by atoms with Crippen LogP contribution in [-0.4, -0.2) is 55.2 Å². The maximum atomic E-state index is 11.6. The van der Waals surface area contributed by atoms with Gasteiger partial charge in [0.15, 0.2) is 0 Å². The molecular formula is C16H29NO3. The molecule has 1 N–H and O–H groups in total. The van der Waals surface area contributed by atoms with Crippen molar-refractivity contribution >= 4 is 6.29 Å². The van der Waals surface area contributed by atoms with Gasteiger partial charge in [0.25, 0.3) is 0 Å². The van der Waals surface area contributed by atoms with E-state index in [-0.39, 0.29) is 5.41 Å². The minimum absolute atomic E-state index is 0.200. The maximum Gasteiger partial charge on any atom is 0.127 e. The highest BCUT2D eigenvalue weighted by molar-refractivity contribution is 5.60. The average Bonchev–Trinajstić information content (AvgIpc) is 2.38. The topological polar surface area (TPSA) is 49.8 Å². The van der Waals surface area contributed by atoms with Crippen LogP contribution < -0.4 is 0 Å². The number of ether oxygens (including phenoxy) is 1. The largest absolute Gasteiger partial charge is 0.388 e. The summed E-state index contributed by atoms with van der Waals surface area (Å²) in [6.45, 7) is 4.92.